The van der Waals surface area contributed by atoms with Crippen LogP contribution in [-0.4, -0.2) is 53.4 Å². The van der Waals surface area contributed by atoms with E-state index in [1.807, 2.05) is 32.9 Å². The fourth-order valence-corrected chi connectivity index (χ4v) is 3.62. The van der Waals surface area contributed by atoms with Gasteiger partial charge in [0.05, 0.1) is 12.7 Å². The van der Waals surface area contributed by atoms with E-state index in [9.17, 15) is 9.90 Å². The van der Waals surface area contributed by atoms with E-state index in [4.69, 9.17) is 5.11 Å². The normalized spacial score (nSPS) is 11.7. The second kappa shape index (κ2) is 21.4. The van der Waals surface area contributed by atoms with Gasteiger partial charge in [-0.05, 0) is 82.3 Å². The van der Waals surface area contributed by atoms with Crippen LogP contribution in [0.5, 0.6) is 0 Å². The van der Waals surface area contributed by atoms with Crippen molar-refractivity contribution in [2.24, 2.45) is 0 Å². The number of aryl methyl sites for hydroxylation is 1. The van der Waals surface area contributed by atoms with E-state index >= 15 is 0 Å². The number of aliphatic hydroxyl groups excluding tert-OH is 2. The number of rotatable bonds is 18. The third-order valence-electron chi connectivity index (χ3n) is 5.45. The van der Waals surface area contributed by atoms with Crippen molar-refractivity contribution in [3.05, 3.63) is 29.8 Å². The minimum absolute atomic E-state index is 0.0791. The van der Waals surface area contributed by atoms with Crippen molar-refractivity contribution in [3.8, 4) is 0 Å². The zero-order valence-electron chi connectivity index (χ0n) is 21.2. The van der Waals surface area contributed by atoms with Crippen LogP contribution in [0.1, 0.15) is 97.5 Å². The minimum Gasteiger partial charge on any atom is -0.394 e. The molecule has 32 heavy (non-hydrogen) atoms. The molecule has 0 spiro atoms. The Kier molecular flexibility index (Phi) is 20.5. The first-order valence-corrected chi connectivity index (χ1v) is 13.0. The first-order chi connectivity index (χ1) is 15.6. The molecule has 5 nitrogen and oxygen atoms in total. The van der Waals surface area contributed by atoms with Gasteiger partial charge in [0, 0.05) is 12.1 Å². The van der Waals surface area contributed by atoms with Crippen LogP contribution in [0.4, 0.5) is 5.69 Å². The van der Waals surface area contributed by atoms with E-state index in [0.717, 1.165) is 57.4 Å². The van der Waals surface area contributed by atoms with E-state index < -0.39 is 6.10 Å². The van der Waals surface area contributed by atoms with Crippen molar-refractivity contribution in [1.29, 1.82) is 0 Å². The van der Waals surface area contributed by atoms with E-state index in [1.54, 1.807) is 0 Å². The third-order valence-corrected chi connectivity index (χ3v) is 5.45. The molecule has 0 heterocycles. The Morgan fingerprint density at radius 2 is 1.53 bits per heavy atom. The van der Waals surface area contributed by atoms with Crippen molar-refractivity contribution in [3.63, 3.8) is 0 Å². The number of carbonyl (C=O) groups excluding carboxylic acids is 1. The van der Waals surface area contributed by atoms with Crippen LogP contribution in [0.2, 0.25) is 0 Å². The monoisotopic (exact) mass is 450 g/mol. The van der Waals surface area contributed by atoms with Crippen LogP contribution >= 0.6 is 0 Å². The number of benzene rings is 1. The number of carbonyl (C=O) groups is 1. The molecule has 0 saturated heterocycles. The van der Waals surface area contributed by atoms with Gasteiger partial charge in [0.25, 0.3) is 0 Å². The van der Waals surface area contributed by atoms with Gasteiger partial charge in [0.1, 0.15) is 0 Å². The topological polar surface area (TPSA) is 72.8 Å². The molecule has 0 aromatic heterocycles. The largest absolute Gasteiger partial charge is 0.394 e. The van der Waals surface area contributed by atoms with E-state index in [-0.39, 0.29) is 12.5 Å². The smallest absolute Gasteiger partial charge is 0.224 e. The highest BCUT2D eigenvalue weighted by atomic mass is 16.3. The standard InChI is InChI=1S/C25H44N2O3.C2H6/c1-3-5-6-8-18-27(19-9-7-13-24(29)21-28)20-10-12-22-14-16-23(17-15-22)26-25(30)11-4-2;1-2/h14-17,24,28-29H,3-13,18-21H2,1-2H3,(H,26,30);1-2H3/t24-;/m0./s1. The molecule has 0 fully saturated rings. The second-order valence-corrected chi connectivity index (χ2v) is 8.33. The molecular weight excluding hydrogens is 400 g/mol. The van der Waals surface area contributed by atoms with Crippen molar-refractivity contribution in [2.75, 3.05) is 31.6 Å². The highest BCUT2D eigenvalue weighted by molar-refractivity contribution is 5.90. The summed E-state index contributed by atoms with van der Waals surface area (Å²) >= 11 is 0. The van der Waals surface area contributed by atoms with Crippen LogP contribution in [0.15, 0.2) is 24.3 Å². The number of hydrogen-bond acceptors (Lipinski definition) is 4. The molecule has 0 bridgehead atoms. The minimum atomic E-state index is -0.572. The third kappa shape index (κ3) is 16.2. The Morgan fingerprint density at radius 1 is 0.906 bits per heavy atom. The van der Waals surface area contributed by atoms with Gasteiger partial charge in [-0.3, -0.25) is 4.79 Å². The number of hydrogen-bond donors (Lipinski definition) is 3. The maximum atomic E-state index is 11.7. The summed E-state index contributed by atoms with van der Waals surface area (Å²) in [6.07, 6.45) is 10.8. The molecule has 3 N–H and O–H groups in total. The van der Waals surface area contributed by atoms with Gasteiger partial charge >= 0.3 is 0 Å². The highest BCUT2D eigenvalue weighted by Gasteiger charge is 2.07. The van der Waals surface area contributed by atoms with E-state index in [1.165, 1.54) is 31.2 Å². The number of amides is 1. The quantitative estimate of drug-likeness (QED) is 0.248. The summed E-state index contributed by atoms with van der Waals surface area (Å²) in [5, 5.41) is 21.4. The Hall–Kier alpha value is -1.43. The van der Waals surface area contributed by atoms with Crippen LogP contribution in [0, 0.1) is 0 Å². The van der Waals surface area contributed by atoms with Crippen molar-refractivity contribution in [1.82, 2.24) is 4.90 Å². The molecule has 0 aliphatic carbocycles. The molecule has 1 aromatic carbocycles. The first-order valence-electron chi connectivity index (χ1n) is 13.0. The Balaban J connectivity index is 0.00000466. The lowest BCUT2D eigenvalue weighted by Gasteiger charge is -2.22. The van der Waals surface area contributed by atoms with Crippen LogP contribution < -0.4 is 5.32 Å². The van der Waals surface area contributed by atoms with Crippen LogP contribution in [0.25, 0.3) is 0 Å². The molecule has 0 unspecified atom stereocenters. The summed E-state index contributed by atoms with van der Waals surface area (Å²) < 4.78 is 0. The summed E-state index contributed by atoms with van der Waals surface area (Å²) in [7, 11) is 0. The molecule has 0 aliphatic heterocycles. The summed E-state index contributed by atoms with van der Waals surface area (Å²) in [6.45, 7) is 11.4. The van der Waals surface area contributed by atoms with Crippen molar-refractivity contribution < 1.29 is 15.0 Å². The molecule has 1 atom stereocenters. The molecule has 0 saturated carbocycles. The van der Waals surface area contributed by atoms with Gasteiger partial charge in [-0.15, -0.1) is 0 Å². The van der Waals surface area contributed by atoms with Gasteiger partial charge in [-0.2, -0.15) is 0 Å². The lowest BCUT2D eigenvalue weighted by atomic mass is 10.1. The predicted octanol–water partition coefficient (Wildman–Crippen LogP) is 5.79. The summed E-state index contributed by atoms with van der Waals surface area (Å²) in [5.41, 5.74) is 2.18. The zero-order valence-corrected chi connectivity index (χ0v) is 21.2. The molecule has 0 aliphatic rings. The molecule has 0 radical (unpaired) electrons. The first kappa shape index (κ1) is 30.6. The summed E-state index contributed by atoms with van der Waals surface area (Å²) in [6, 6.07) is 8.22. The van der Waals surface area contributed by atoms with Gasteiger partial charge in [-0.1, -0.05) is 59.1 Å². The van der Waals surface area contributed by atoms with Crippen molar-refractivity contribution >= 4 is 11.6 Å². The number of unbranched alkanes of at least 4 members (excludes halogenated alkanes) is 4. The van der Waals surface area contributed by atoms with Crippen LogP contribution in [-0.2, 0) is 11.2 Å². The molecule has 1 aromatic rings. The van der Waals surface area contributed by atoms with Gasteiger partial charge in [-0.25, -0.2) is 0 Å². The maximum absolute atomic E-state index is 11.7. The summed E-state index contributed by atoms with van der Waals surface area (Å²) in [5.74, 6) is 0.0791. The van der Waals surface area contributed by atoms with Gasteiger partial charge in [0.15, 0.2) is 0 Å². The zero-order chi connectivity index (χ0) is 24.0. The lowest BCUT2D eigenvalue weighted by molar-refractivity contribution is -0.116. The Bertz CT molecular complexity index is 548. The Labute approximate surface area is 197 Å². The van der Waals surface area contributed by atoms with E-state index in [0.29, 0.717) is 12.8 Å². The second-order valence-electron chi connectivity index (χ2n) is 8.33. The van der Waals surface area contributed by atoms with Crippen molar-refractivity contribution in [2.45, 2.75) is 104 Å². The molecule has 5 heteroatoms. The predicted molar refractivity (Wildman–Crippen MR) is 137 cm³/mol. The maximum Gasteiger partial charge on any atom is 0.224 e. The Morgan fingerprint density at radius 3 is 2.12 bits per heavy atom. The molecule has 186 valence electrons. The number of anilines is 1. The van der Waals surface area contributed by atoms with Gasteiger partial charge in [0.2, 0.25) is 5.91 Å². The fraction of sp³-hybridized carbons (Fsp3) is 0.741. The lowest BCUT2D eigenvalue weighted by Crippen LogP contribution is -2.28. The average molecular weight is 451 g/mol. The molecular formula is C27H50N2O3. The number of nitrogens with zero attached hydrogens (tertiary/aromatic N) is 1. The average Bonchev–Trinajstić information content (AvgIpc) is 2.81. The van der Waals surface area contributed by atoms with Crippen LogP contribution in [0.3, 0.4) is 0 Å². The summed E-state index contributed by atoms with van der Waals surface area (Å²) in [4.78, 5) is 14.2. The van der Waals surface area contributed by atoms with E-state index in [2.05, 4.69) is 29.3 Å². The number of nitrogens with one attached hydrogen (secondary N) is 1. The molecule has 1 rings (SSSR count). The number of aliphatic hydroxyl groups is 2. The fourth-order valence-electron chi connectivity index (χ4n) is 3.62. The molecule has 1 amide bonds. The SMILES string of the molecule is CC.CCCCCCN(CCCC[C@H](O)CO)CCCc1ccc(NC(=O)CCC)cc1. The highest BCUT2D eigenvalue weighted by Crippen LogP contribution is 2.13. The van der Waals surface area contributed by atoms with Gasteiger partial charge < -0.3 is 20.4 Å².